The first-order valence-electron chi connectivity index (χ1n) is 7.90. The van der Waals surface area contributed by atoms with Crippen LogP contribution in [-0.4, -0.2) is 37.5 Å². The summed E-state index contributed by atoms with van der Waals surface area (Å²) < 4.78 is 26.9. The summed E-state index contributed by atoms with van der Waals surface area (Å²) in [6, 6.07) is 8.12. The Kier molecular flexibility index (Phi) is 5.03. The molecule has 6 nitrogen and oxygen atoms in total. The predicted molar refractivity (Wildman–Crippen MR) is 96.7 cm³/mol. The SMILES string of the molecule is CC(=O)c1ccccc1NC(=O)c1sccc1S(=O)(=O)N1CCCC1. The third kappa shape index (κ3) is 3.51. The number of ketones is 1. The van der Waals surface area contributed by atoms with Crippen molar-refractivity contribution >= 4 is 38.7 Å². The number of carbonyl (C=O) groups is 2. The molecule has 2 aromatic rings. The van der Waals surface area contributed by atoms with Crippen LogP contribution in [0.15, 0.2) is 40.6 Å². The minimum Gasteiger partial charge on any atom is -0.321 e. The van der Waals surface area contributed by atoms with Crippen molar-refractivity contribution in [3.05, 3.63) is 46.2 Å². The third-order valence-corrected chi connectivity index (χ3v) is 7.06. The monoisotopic (exact) mass is 378 g/mol. The smallest absolute Gasteiger partial charge is 0.267 e. The van der Waals surface area contributed by atoms with Crippen LogP contribution < -0.4 is 5.32 Å². The number of hydrogen-bond donors (Lipinski definition) is 1. The van der Waals surface area contributed by atoms with Crippen molar-refractivity contribution in [3.8, 4) is 0 Å². The van der Waals surface area contributed by atoms with Gasteiger partial charge in [0, 0.05) is 18.7 Å². The molecule has 1 aromatic carbocycles. The molecule has 1 aliphatic heterocycles. The average Bonchev–Trinajstić information content (AvgIpc) is 3.27. The van der Waals surface area contributed by atoms with E-state index in [0.717, 1.165) is 24.2 Å². The van der Waals surface area contributed by atoms with Crippen LogP contribution in [0.25, 0.3) is 0 Å². The molecule has 132 valence electrons. The van der Waals surface area contributed by atoms with E-state index >= 15 is 0 Å². The molecule has 0 saturated carbocycles. The van der Waals surface area contributed by atoms with Gasteiger partial charge in [-0.25, -0.2) is 8.42 Å². The zero-order valence-electron chi connectivity index (χ0n) is 13.7. The second-order valence-corrected chi connectivity index (χ2v) is 8.60. The molecule has 0 spiro atoms. The molecule has 1 N–H and O–H groups in total. The molecule has 0 unspecified atom stereocenters. The van der Waals surface area contributed by atoms with Crippen molar-refractivity contribution in [2.45, 2.75) is 24.7 Å². The number of nitrogens with zero attached hydrogens (tertiary/aromatic N) is 1. The minimum atomic E-state index is -3.67. The van der Waals surface area contributed by atoms with Crippen molar-refractivity contribution in [2.75, 3.05) is 18.4 Å². The Morgan fingerprint density at radius 3 is 2.48 bits per heavy atom. The average molecular weight is 378 g/mol. The van der Waals surface area contributed by atoms with Gasteiger partial charge in [0.25, 0.3) is 5.91 Å². The number of anilines is 1. The summed E-state index contributed by atoms with van der Waals surface area (Å²) in [5.74, 6) is -0.700. The maximum Gasteiger partial charge on any atom is 0.267 e. The lowest BCUT2D eigenvalue weighted by Gasteiger charge is -2.16. The Morgan fingerprint density at radius 2 is 1.80 bits per heavy atom. The number of sulfonamides is 1. The topological polar surface area (TPSA) is 83.5 Å². The van der Waals surface area contributed by atoms with E-state index in [1.807, 2.05) is 0 Å². The van der Waals surface area contributed by atoms with Gasteiger partial charge in [-0.2, -0.15) is 4.31 Å². The standard InChI is InChI=1S/C17H18N2O4S2/c1-12(20)13-6-2-3-7-14(13)18-17(21)16-15(8-11-24-16)25(22,23)19-9-4-5-10-19/h2-3,6-8,11H,4-5,9-10H2,1H3,(H,18,21). The number of rotatable bonds is 5. The number of benzene rings is 1. The Balaban J connectivity index is 1.90. The normalized spacial score (nSPS) is 15.2. The van der Waals surface area contributed by atoms with Crippen LogP contribution in [0, 0.1) is 0 Å². The maximum atomic E-state index is 12.7. The summed E-state index contributed by atoms with van der Waals surface area (Å²) >= 11 is 1.07. The Hall–Kier alpha value is -2.03. The molecule has 1 amide bonds. The van der Waals surface area contributed by atoms with E-state index in [1.54, 1.807) is 29.6 Å². The van der Waals surface area contributed by atoms with E-state index < -0.39 is 15.9 Å². The van der Waals surface area contributed by atoms with Crippen molar-refractivity contribution in [3.63, 3.8) is 0 Å². The largest absolute Gasteiger partial charge is 0.321 e. The number of hydrogen-bond acceptors (Lipinski definition) is 5. The fourth-order valence-electron chi connectivity index (χ4n) is 2.81. The van der Waals surface area contributed by atoms with Gasteiger partial charge in [-0.05, 0) is 43.3 Å². The van der Waals surface area contributed by atoms with Gasteiger partial charge >= 0.3 is 0 Å². The highest BCUT2D eigenvalue weighted by molar-refractivity contribution is 7.89. The van der Waals surface area contributed by atoms with E-state index in [2.05, 4.69) is 5.32 Å². The van der Waals surface area contributed by atoms with Gasteiger partial charge in [0.2, 0.25) is 10.0 Å². The summed E-state index contributed by atoms with van der Waals surface area (Å²) in [4.78, 5) is 24.5. The molecule has 3 rings (SSSR count). The Morgan fingerprint density at radius 1 is 1.12 bits per heavy atom. The summed E-state index contributed by atoms with van der Waals surface area (Å²) in [5, 5.41) is 4.26. The van der Waals surface area contributed by atoms with Crippen LogP contribution in [0.1, 0.15) is 39.8 Å². The van der Waals surface area contributed by atoms with Crippen molar-refractivity contribution in [1.82, 2.24) is 4.31 Å². The third-order valence-electron chi connectivity index (χ3n) is 4.07. The lowest BCUT2D eigenvalue weighted by atomic mass is 10.1. The molecule has 0 aliphatic carbocycles. The Labute approximate surface area is 150 Å². The van der Waals surface area contributed by atoms with Gasteiger partial charge in [-0.3, -0.25) is 9.59 Å². The zero-order valence-corrected chi connectivity index (χ0v) is 15.3. The number of amides is 1. The number of thiophene rings is 1. The fourth-order valence-corrected chi connectivity index (χ4v) is 5.62. The minimum absolute atomic E-state index is 0.0252. The van der Waals surface area contributed by atoms with Gasteiger partial charge < -0.3 is 5.32 Å². The van der Waals surface area contributed by atoms with E-state index in [0.29, 0.717) is 24.3 Å². The van der Waals surface area contributed by atoms with Gasteiger partial charge in [0.05, 0.1) is 5.69 Å². The summed E-state index contributed by atoms with van der Waals surface area (Å²) in [6.45, 7) is 2.37. The van der Waals surface area contributed by atoms with Crippen LogP contribution in [-0.2, 0) is 10.0 Å². The van der Waals surface area contributed by atoms with Crippen LogP contribution in [0.5, 0.6) is 0 Å². The van der Waals surface area contributed by atoms with Crippen LogP contribution in [0.3, 0.4) is 0 Å². The summed E-state index contributed by atoms with van der Waals surface area (Å²) in [6.07, 6.45) is 1.66. The molecule has 2 heterocycles. The lowest BCUT2D eigenvalue weighted by molar-refractivity contribution is 0.101. The maximum absolute atomic E-state index is 12.7. The highest BCUT2D eigenvalue weighted by atomic mass is 32.2. The molecule has 25 heavy (non-hydrogen) atoms. The second kappa shape index (κ2) is 7.07. The highest BCUT2D eigenvalue weighted by Gasteiger charge is 2.32. The predicted octanol–water partition coefficient (Wildman–Crippen LogP) is 2.99. The van der Waals surface area contributed by atoms with Crippen LogP contribution in [0.2, 0.25) is 0 Å². The lowest BCUT2D eigenvalue weighted by Crippen LogP contribution is -2.29. The number of Topliss-reactive ketones (excluding diaryl/α,β-unsaturated/α-hetero) is 1. The van der Waals surface area contributed by atoms with Crippen molar-refractivity contribution in [2.24, 2.45) is 0 Å². The highest BCUT2D eigenvalue weighted by Crippen LogP contribution is 2.28. The molecule has 1 saturated heterocycles. The number of nitrogens with one attached hydrogen (secondary N) is 1. The van der Waals surface area contributed by atoms with Gasteiger partial charge in [0.15, 0.2) is 5.78 Å². The van der Waals surface area contributed by atoms with Crippen LogP contribution in [0.4, 0.5) is 5.69 Å². The quantitative estimate of drug-likeness (QED) is 0.811. The van der Waals surface area contributed by atoms with E-state index in [-0.39, 0.29) is 15.6 Å². The molecule has 1 aromatic heterocycles. The van der Waals surface area contributed by atoms with Gasteiger partial charge in [-0.15, -0.1) is 11.3 Å². The summed E-state index contributed by atoms with van der Waals surface area (Å²) in [7, 11) is -3.67. The molecule has 1 fully saturated rings. The first-order chi connectivity index (χ1) is 11.9. The summed E-state index contributed by atoms with van der Waals surface area (Å²) in [5.41, 5.74) is 0.759. The zero-order chi connectivity index (χ0) is 18.0. The fraction of sp³-hybridized carbons (Fsp3) is 0.294. The number of para-hydroxylation sites is 1. The Bertz CT molecular complexity index is 912. The first kappa shape index (κ1) is 17.8. The molecular formula is C17H18N2O4S2. The van der Waals surface area contributed by atoms with Gasteiger partial charge in [0.1, 0.15) is 9.77 Å². The molecule has 0 radical (unpaired) electrons. The molecule has 0 bridgehead atoms. The second-order valence-electron chi connectivity index (χ2n) is 5.78. The number of carbonyl (C=O) groups excluding carboxylic acids is 2. The van der Waals surface area contributed by atoms with Crippen LogP contribution >= 0.6 is 11.3 Å². The van der Waals surface area contributed by atoms with E-state index in [1.165, 1.54) is 17.3 Å². The van der Waals surface area contributed by atoms with Gasteiger partial charge in [-0.1, -0.05) is 12.1 Å². The molecule has 1 aliphatic rings. The first-order valence-corrected chi connectivity index (χ1v) is 10.2. The van der Waals surface area contributed by atoms with E-state index in [9.17, 15) is 18.0 Å². The molecular weight excluding hydrogens is 360 g/mol. The molecule has 8 heteroatoms. The molecule has 0 atom stereocenters. The van der Waals surface area contributed by atoms with Crippen molar-refractivity contribution in [1.29, 1.82) is 0 Å². The van der Waals surface area contributed by atoms with E-state index in [4.69, 9.17) is 0 Å². The van der Waals surface area contributed by atoms with Crippen molar-refractivity contribution < 1.29 is 18.0 Å².